The SMILES string of the molecule is CC1C(=O)N(Cc2ccccc2)C(=O)N1CCCc1ccccc1. The lowest BCUT2D eigenvalue weighted by Crippen LogP contribution is -2.34. The maximum absolute atomic E-state index is 12.6. The lowest BCUT2D eigenvalue weighted by atomic mass is 10.1. The van der Waals surface area contributed by atoms with E-state index in [1.54, 1.807) is 4.90 Å². The molecule has 0 spiro atoms. The van der Waals surface area contributed by atoms with E-state index < -0.39 is 0 Å². The van der Waals surface area contributed by atoms with Crippen molar-refractivity contribution >= 4 is 11.9 Å². The molecule has 1 aliphatic heterocycles. The van der Waals surface area contributed by atoms with E-state index in [1.165, 1.54) is 10.5 Å². The van der Waals surface area contributed by atoms with Crippen LogP contribution in [0, 0.1) is 0 Å². The van der Waals surface area contributed by atoms with Crippen molar-refractivity contribution in [2.75, 3.05) is 6.54 Å². The van der Waals surface area contributed by atoms with E-state index in [9.17, 15) is 9.59 Å². The molecule has 0 aliphatic carbocycles. The van der Waals surface area contributed by atoms with E-state index in [-0.39, 0.29) is 18.0 Å². The fraction of sp³-hybridized carbons (Fsp3) is 0.300. The van der Waals surface area contributed by atoms with Gasteiger partial charge in [0.25, 0.3) is 5.91 Å². The van der Waals surface area contributed by atoms with Crippen LogP contribution in [0.15, 0.2) is 60.7 Å². The highest BCUT2D eigenvalue weighted by Crippen LogP contribution is 2.20. The van der Waals surface area contributed by atoms with Gasteiger partial charge in [-0.3, -0.25) is 9.69 Å². The van der Waals surface area contributed by atoms with Crippen molar-refractivity contribution < 1.29 is 9.59 Å². The monoisotopic (exact) mass is 322 g/mol. The van der Waals surface area contributed by atoms with Gasteiger partial charge in [-0.2, -0.15) is 0 Å². The van der Waals surface area contributed by atoms with E-state index in [1.807, 2.05) is 55.5 Å². The predicted molar refractivity (Wildman–Crippen MR) is 93.3 cm³/mol. The smallest absolute Gasteiger partial charge is 0.313 e. The molecule has 3 amide bonds. The number of imide groups is 1. The predicted octanol–water partition coefficient (Wildman–Crippen LogP) is 3.47. The second kappa shape index (κ2) is 7.30. The minimum atomic E-state index is -0.378. The Labute approximate surface area is 142 Å². The number of urea groups is 1. The van der Waals surface area contributed by atoms with Crippen LogP contribution in [0.2, 0.25) is 0 Å². The molecule has 0 aromatic heterocycles. The van der Waals surface area contributed by atoms with Gasteiger partial charge in [0.05, 0.1) is 6.54 Å². The Hall–Kier alpha value is -2.62. The molecular formula is C20H22N2O2. The van der Waals surface area contributed by atoms with E-state index in [4.69, 9.17) is 0 Å². The summed E-state index contributed by atoms with van der Waals surface area (Å²) in [7, 11) is 0. The van der Waals surface area contributed by atoms with E-state index in [0.717, 1.165) is 18.4 Å². The molecule has 1 fully saturated rings. The van der Waals surface area contributed by atoms with Crippen LogP contribution in [0.5, 0.6) is 0 Å². The lowest BCUT2D eigenvalue weighted by Gasteiger charge is -2.19. The molecular weight excluding hydrogens is 300 g/mol. The first-order valence-corrected chi connectivity index (χ1v) is 8.36. The first kappa shape index (κ1) is 16.2. The van der Waals surface area contributed by atoms with E-state index >= 15 is 0 Å². The van der Waals surface area contributed by atoms with Crippen LogP contribution in [0.3, 0.4) is 0 Å². The van der Waals surface area contributed by atoms with Crippen molar-refractivity contribution in [1.82, 2.24) is 9.80 Å². The Morgan fingerprint density at radius 3 is 2.08 bits per heavy atom. The Morgan fingerprint density at radius 1 is 0.875 bits per heavy atom. The molecule has 4 heteroatoms. The minimum absolute atomic E-state index is 0.108. The number of carbonyl (C=O) groups is 2. The molecule has 0 bridgehead atoms. The van der Waals surface area contributed by atoms with Crippen molar-refractivity contribution in [3.05, 3.63) is 71.8 Å². The summed E-state index contributed by atoms with van der Waals surface area (Å²) in [5, 5.41) is 0. The van der Waals surface area contributed by atoms with Crippen LogP contribution < -0.4 is 0 Å². The molecule has 1 unspecified atom stereocenters. The van der Waals surface area contributed by atoms with Crippen LogP contribution in [0.4, 0.5) is 4.79 Å². The second-order valence-electron chi connectivity index (χ2n) is 6.15. The molecule has 1 saturated heterocycles. The van der Waals surface area contributed by atoms with Gasteiger partial charge >= 0.3 is 6.03 Å². The third-order valence-electron chi connectivity index (χ3n) is 4.46. The number of rotatable bonds is 6. The van der Waals surface area contributed by atoms with Crippen molar-refractivity contribution in [2.24, 2.45) is 0 Å². The van der Waals surface area contributed by atoms with Gasteiger partial charge in [-0.25, -0.2) is 4.79 Å². The molecule has 124 valence electrons. The molecule has 2 aromatic carbocycles. The van der Waals surface area contributed by atoms with Crippen molar-refractivity contribution in [1.29, 1.82) is 0 Å². The third kappa shape index (κ3) is 3.48. The number of hydrogen-bond donors (Lipinski definition) is 0. The summed E-state index contributed by atoms with van der Waals surface area (Å²) in [6.07, 6.45) is 1.76. The average molecular weight is 322 g/mol. The summed E-state index contributed by atoms with van der Waals surface area (Å²) in [5.74, 6) is -0.108. The van der Waals surface area contributed by atoms with Crippen molar-refractivity contribution in [2.45, 2.75) is 32.4 Å². The van der Waals surface area contributed by atoms with Gasteiger partial charge in [0.2, 0.25) is 0 Å². The van der Waals surface area contributed by atoms with Crippen LogP contribution in [-0.2, 0) is 17.8 Å². The first-order valence-electron chi connectivity index (χ1n) is 8.36. The number of aryl methyl sites for hydroxylation is 1. The number of benzene rings is 2. The van der Waals surface area contributed by atoms with Gasteiger partial charge in [-0.1, -0.05) is 60.7 Å². The maximum atomic E-state index is 12.6. The van der Waals surface area contributed by atoms with E-state index in [0.29, 0.717) is 13.1 Å². The second-order valence-corrected chi connectivity index (χ2v) is 6.15. The van der Waals surface area contributed by atoms with Gasteiger partial charge in [0.1, 0.15) is 6.04 Å². The Morgan fingerprint density at radius 2 is 1.46 bits per heavy atom. The Kier molecular flexibility index (Phi) is 4.94. The molecule has 3 rings (SSSR count). The van der Waals surface area contributed by atoms with Crippen LogP contribution in [-0.4, -0.2) is 34.3 Å². The van der Waals surface area contributed by atoms with Crippen molar-refractivity contribution in [3.8, 4) is 0 Å². The lowest BCUT2D eigenvalue weighted by molar-refractivity contribution is -0.128. The summed E-state index contributed by atoms with van der Waals surface area (Å²) in [5.41, 5.74) is 2.22. The largest absolute Gasteiger partial charge is 0.327 e. The molecule has 4 nitrogen and oxygen atoms in total. The molecule has 2 aromatic rings. The molecule has 0 N–H and O–H groups in total. The van der Waals surface area contributed by atoms with Gasteiger partial charge in [-0.15, -0.1) is 0 Å². The fourth-order valence-electron chi connectivity index (χ4n) is 3.07. The summed E-state index contributed by atoms with van der Waals surface area (Å²) < 4.78 is 0. The third-order valence-corrected chi connectivity index (χ3v) is 4.46. The summed E-state index contributed by atoms with van der Waals surface area (Å²) in [6, 6.07) is 19.3. The number of nitrogens with zero attached hydrogens (tertiary/aromatic N) is 2. The highest BCUT2D eigenvalue weighted by atomic mass is 16.2. The number of carbonyl (C=O) groups excluding carboxylic acids is 2. The molecule has 1 heterocycles. The summed E-state index contributed by atoms with van der Waals surface area (Å²) in [4.78, 5) is 28.1. The summed E-state index contributed by atoms with van der Waals surface area (Å²) >= 11 is 0. The van der Waals surface area contributed by atoms with Gasteiger partial charge < -0.3 is 4.90 Å². The standard InChI is InChI=1S/C20H22N2O2/c1-16-19(23)22(15-18-11-6-3-7-12-18)20(24)21(16)14-8-13-17-9-4-2-5-10-17/h2-7,9-12,16H,8,13-15H2,1H3. The molecule has 1 aliphatic rings. The Balaban J connectivity index is 1.60. The zero-order valence-corrected chi connectivity index (χ0v) is 13.9. The number of amides is 3. The van der Waals surface area contributed by atoms with Crippen LogP contribution in [0.1, 0.15) is 24.5 Å². The zero-order chi connectivity index (χ0) is 16.9. The summed E-state index contributed by atoms with van der Waals surface area (Å²) in [6.45, 7) is 2.76. The highest BCUT2D eigenvalue weighted by molar-refractivity contribution is 6.03. The topological polar surface area (TPSA) is 40.6 Å². The molecule has 0 radical (unpaired) electrons. The minimum Gasteiger partial charge on any atom is -0.313 e. The average Bonchev–Trinajstić information content (AvgIpc) is 2.81. The maximum Gasteiger partial charge on any atom is 0.327 e. The normalized spacial score (nSPS) is 17.6. The van der Waals surface area contributed by atoms with Crippen LogP contribution >= 0.6 is 0 Å². The molecule has 0 saturated carbocycles. The van der Waals surface area contributed by atoms with Gasteiger partial charge in [-0.05, 0) is 30.9 Å². The van der Waals surface area contributed by atoms with Gasteiger partial charge in [0.15, 0.2) is 0 Å². The van der Waals surface area contributed by atoms with Crippen LogP contribution in [0.25, 0.3) is 0 Å². The zero-order valence-electron chi connectivity index (χ0n) is 13.9. The Bertz CT molecular complexity index is 700. The van der Waals surface area contributed by atoms with Gasteiger partial charge in [0, 0.05) is 6.54 Å². The highest BCUT2D eigenvalue weighted by Gasteiger charge is 2.41. The first-order chi connectivity index (χ1) is 11.7. The van der Waals surface area contributed by atoms with E-state index in [2.05, 4.69) is 12.1 Å². The molecule has 24 heavy (non-hydrogen) atoms. The van der Waals surface area contributed by atoms with Crippen molar-refractivity contribution in [3.63, 3.8) is 0 Å². The molecule has 1 atom stereocenters. The number of hydrogen-bond acceptors (Lipinski definition) is 2. The quantitative estimate of drug-likeness (QED) is 0.764. The fourth-order valence-corrected chi connectivity index (χ4v) is 3.07.